The third-order valence-corrected chi connectivity index (χ3v) is 5.60. The molecule has 0 atom stereocenters. The minimum atomic E-state index is -0.0335. The van der Waals surface area contributed by atoms with E-state index in [1.807, 2.05) is 71.4 Å². The van der Waals surface area contributed by atoms with Gasteiger partial charge in [-0.25, -0.2) is 4.98 Å². The number of ether oxygens (including phenoxy) is 2. The van der Waals surface area contributed by atoms with E-state index < -0.39 is 0 Å². The number of benzene rings is 2. The fourth-order valence-corrected chi connectivity index (χ4v) is 4.07. The molecule has 1 N–H and O–H groups in total. The first-order chi connectivity index (χ1) is 14.7. The van der Waals surface area contributed by atoms with Crippen LogP contribution in [0.25, 0.3) is 16.2 Å². The first-order valence-corrected chi connectivity index (χ1v) is 10.6. The van der Waals surface area contributed by atoms with Crippen LogP contribution in [0.4, 0.5) is 0 Å². The summed E-state index contributed by atoms with van der Waals surface area (Å²) in [4.78, 5) is 18.0. The average molecular weight is 422 g/mol. The second-order valence-electron chi connectivity index (χ2n) is 6.77. The van der Waals surface area contributed by atoms with E-state index in [0.717, 1.165) is 39.0 Å². The van der Waals surface area contributed by atoms with Crippen molar-refractivity contribution in [3.8, 4) is 22.8 Å². The van der Waals surface area contributed by atoms with Crippen molar-refractivity contribution in [3.63, 3.8) is 0 Å². The lowest BCUT2D eigenvalue weighted by Crippen LogP contribution is -2.25. The zero-order valence-corrected chi connectivity index (χ0v) is 17.7. The van der Waals surface area contributed by atoms with Crippen LogP contribution in [-0.2, 0) is 17.8 Å². The molecule has 0 bridgehead atoms. The first-order valence-electron chi connectivity index (χ1n) is 9.74. The maximum absolute atomic E-state index is 12.5. The minimum absolute atomic E-state index is 0.0335. The molecular weight excluding hydrogens is 398 g/mol. The van der Waals surface area contributed by atoms with Crippen LogP contribution in [0.15, 0.2) is 60.1 Å². The van der Waals surface area contributed by atoms with Crippen molar-refractivity contribution in [2.75, 3.05) is 13.7 Å². The second-order valence-corrected chi connectivity index (χ2v) is 7.60. The van der Waals surface area contributed by atoms with Gasteiger partial charge in [0.15, 0.2) is 4.96 Å². The molecule has 0 unspecified atom stereocenters. The molecule has 4 aromatic rings. The molecule has 0 saturated heterocycles. The van der Waals surface area contributed by atoms with E-state index in [9.17, 15) is 4.79 Å². The van der Waals surface area contributed by atoms with E-state index >= 15 is 0 Å². The number of fused-ring (bicyclic) bond motifs is 1. The number of methoxy groups -OCH3 is 1. The molecule has 7 heteroatoms. The Labute approximate surface area is 179 Å². The van der Waals surface area contributed by atoms with Crippen molar-refractivity contribution in [2.45, 2.75) is 19.9 Å². The highest BCUT2D eigenvalue weighted by Crippen LogP contribution is 2.25. The molecule has 0 aliphatic carbocycles. The summed E-state index contributed by atoms with van der Waals surface area (Å²) in [5.41, 5.74) is 3.81. The van der Waals surface area contributed by atoms with E-state index in [4.69, 9.17) is 14.5 Å². The number of hydrogen-bond donors (Lipinski definition) is 1. The fraction of sp³-hybridized carbons (Fsp3) is 0.217. The molecule has 30 heavy (non-hydrogen) atoms. The number of carbonyl (C=O) groups is 1. The highest BCUT2D eigenvalue weighted by molar-refractivity contribution is 7.15. The third kappa shape index (κ3) is 4.46. The van der Waals surface area contributed by atoms with Gasteiger partial charge in [0.05, 0.1) is 25.8 Å². The number of hydrogen-bond acceptors (Lipinski definition) is 5. The monoisotopic (exact) mass is 421 g/mol. The Morgan fingerprint density at radius 1 is 1.17 bits per heavy atom. The van der Waals surface area contributed by atoms with Crippen LogP contribution in [0.5, 0.6) is 11.5 Å². The summed E-state index contributed by atoms with van der Waals surface area (Å²) in [7, 11) is 1.63. The number of carbonyl (C=O) groups excluding carboxylic acids is 1. The predicted octanol–water partition coefficient (Wildman–Crippen LogP) is 4.33. The number of nitrogens with zero attached hydrogens (tertiary/aromatic N) is 2. The van der Waals surface area contributed by atoms with Crippen molar-refractivity contribution in [3.05, 3.63) is 71.4 Å². The summed E-state index contributed by atoms with van der Waals surface area (Å²) in [6, 6.07) is 15.6. The molecule has 0 fully saturated rings. The van der Waals surface area contributed by atoms with Crippen LogP contribution in [0.2, 0.25) is 0 Å². The van der Waals surface area contributed by atoms with Gasteiger partial charge in [-0.1, -0.05) is 12.1 Å². The lowest BCUT2D eigenvalue weighted by molar-refractivity contribution is -0.120. The highest BCUT2D eigenvalue weighted by atomic mass is 32.1. The molecule has 0 aliphatic rings. The smallest absolute Gasteiger partial charge is 0.226 e. The first kappa shape index (κ1) is 20.0. The van der Waals surface area contributed by atoms with E-state index in [0.29, 0.717) is 19.6 Å². The van der Waals surface area contributed by atoms with Crippen molar-refractivity contribution < 1.29 is 14.3 Å². The van der Waals surface area contributed by atoms with E-state index in [2.05, 4.69) is 5.32 Å². The normalized spacial score (nSPS) is 10.9. The van der Waals surface area contributed by atoms with Gasteiger partial charge >= 0.3 is 0 Å². The molecule has 0 saturated carbocycles. The maximum Gasteiger partial charge on any atom is 0.226 e. The van der Waals surface area contributed by atoms with Crippen LogP contribution in [-0.4, -0.2) is 29.0 Å². The van der Waals surface area contributed by atoms with Crippen LogP contribution in [0, 0.1) is 0 Å². The van der Waals surface area contributed by atoms with Gasteiger partial charge < -0.3 is 14.8 Å². The number of thiazole rings is 1. The van der Waals surface area contributed by atoms with Gasteiger partial charge in [-0.15, -0.1) is 11.3 Å². The summed E-state index contributed by atoms with van der Waals surface area (Å²) in [6.07, 6.45) is 2.27. The number of aromatic nitrogens is 2. The average Bonchev–Trinajstić information content (AvgIpc) is 3.35. The number of amides is 1. The quantitative estimate of drug-likeness (QED) is 0.460. The predicted molar refractivity (Wildman–Crippen MR) is 118 cm³/mol. The Bertz CT molecular complexity index is 1150. The maximum atomic E-state index is 12.5. The SMILES string of the molecule is CCOc1ccc(-c2cn3c(CC(=O)NCc4cccc(OC)c4)csc3n2)cc1. The zero-order valence-electron chi connectivity index (χ0n) is 16.9. The summed E-state index contributed by atoms with van der Waals surface area (Å²) in [6.45, 7) is 3.07. The van der Waals surface area contributed by atoms with Crippen LogP contribution >= 0.6 is 11.3 Å². The Hall–Kier alpha value is -3.32. The Morgan fingerprint density at radius 2 is 2.00 bits per heavy atom. The highest BCUT2D eigenvalue weighted by Gasteiger charge is 2.13. The number of rotatable bonds is 8. The van der Waals surface area contributed by atoms with Crippen LogP contribution in [0.1, 0.15) is 18.2 Å². The topological polar surface area (TPSA) is 64.9 Å². The molecule has 6 nitrogen and oxygen atoms in total. The van der Waals surface area contributed by atoms with Gasteiger partial charge in [0.25, 0.3) is 0 Å². The van der Waals surface area contributed by atoms with Gasteiger partial charge in [-0.05, 0) is 48.9 Å². The molecule has 4 rings (SSSR count). The zero-order chi connectivity index (χ0) is 20.9. The van der Waals surface area contributed by atoms with E-state index in [1.54, 1.807) is 7.11 Å². The largest absolute Gasteiger partial charge is 0.497 e. The molecule has 154 valence electrons. The minimum Gasteiger partial charge on any atom is -0.497 e. The van der Waals surface area contributed by atoms with Gasteiger partial charge in [-0.3, -0.25) is 9.20 Å². The lowest BCUT2D eigenvalue weighted by atomic mass is 10.1. The summed E-state index contributed by atoms with van der Waals surface area (Å²) in [5, 5.41) is 4.95. The number of nitrogens with one attached hydrogen (secondary N) is 1. The third-order valence-electron chi connectivity index (χ3n) is 4.71. The lowest BCUT2D eigenvalue weighted by Gasteiger charge is -2.07. The van der Waals surface area contributed by atoms with Crippen molar-refractivity contribution in [2.24, 2.45) is 0 Å². The van der Waals surface area contributed by atoms with Crippen LogP contribution in [0.3, 0.4) is 0 Å². The summed E-state index contributed by atoms with van der Waals surface area (Å²) >= 11 is 1.53. The van der Waals surface area contributed by atoms with Crippen molar-refractivity contribution in [1.29, 1.82) is 0 Å². The Balaban J connectivity index is 1.43. The Morgan fingerprint density at radius 3 is 2.77 bits per heavy atom. The van der Waals surface area contributed by atoms with Crippen molar-refractivity contribution >= 4 is 22.2 Å². The molecule has 0 aliphatic heterocycles. The van der Waals surface area contributed by atoms with Gasteiger partial charge in [0.2, 0.25) is 5.91 Å². The van der Waals surface area contributed by atoms with Gasteiger partial charge in [-0.2, -0.15) is 0 Å². The molecule has 2 heterocycles. The molecule has 0 radical (unpaired) electrons. The molecule has 0 spiro atoms. The second kappa shape index (κ2) is 9.00. The van der Waals surface area contributed by atoms with Gasteiger partial charge in [0, 0.05) is 29.4 Å². The van der Waals surface area contributed by atoms with E-state index in [-0.39, 0.29) is 5.91 Å². The molecule has 2 aromatic heterocycles. The van der Waals surface area contributed by atoms with Crippen molar-refractivity contribution in [1.82, 2.24) is 14.7 Å². The summed E-state index contributed by atoms with van der Waals surface area (Å²) < 4.78 is 12.7. The van der Waals surface area contributed by atoms with Crippen LogP contribution < -0.4 is 14.8 Å². The standard InChI is InChI=1S/C23H23N3O3S/c1-3-29-19-9-7-17(8-10-19)21-14-26-18(15-30-23(26)25-21)12-22(27)24-13-16-5-4-6-20(11-16)28-2/h4-11,14-15H,3,12-13H2,1-2H3,(H,24,27). The molecular formula is C23H23N3O3S. The number of imidazole rings is 1. The van der Waals surface area contributed by atoms with E-state index in [1.165, 1.54) is 11.3 Å². The Kier molecular flexibility index (Phi) is 5.99. The van der Waals surface area contributed by atoms with Gasteiger partial charge in [0.1, 0.15) is 11.5 Å². The molecule has 1 amide bonds. The summed E-state index contributed by atoms with van der Waals surface area (Å²) in [5.74, 6) is 1.59. The molecule has 2 aromatic carbocycles. The fourth-order valence-electron chi connectivity index (χ4n) is 3.19.